The number of hydrogen-bond acceptors (Lipinski definition) is 4. The molecule has 0 amide bonds. The Morgan fingerprint density at radius 2 is 1.61 bits per heavy atom. The van der Waals surface area contributed by atoms with Gasteiger partial charge in [0.25, 0.3) is 0 Å². The molecule has 1 aromatic heterocycles. The molecule has 0 saturated heterocycles. The molecule has 0 spiro atoms. The van der Waals surface area contributed by atoms with Crippen molar-refractivity contribution < 1.29 is 4.74 Å². The van der Waals surface area contributed by atoms with Crippen LogP contribution in [0.2, 0.25) is 5.02 Å². The number of fused-ring (bicyclic) bond motifs is 1. The predicted molar refractivity (Wildman–Crippen MR) is 127 cm³/mol. The number of ether oxygens (including phenoxy) is 1. The van der Waals surface area contributed by atoms with Crippen LogP contribution in [0, 0.1) is 0 Å². The Labute approximate surface area is 193 Å². The number of benzene rings is 3. The number of hydrogen-bond donors (Lipinski definition) is 1. The highest BCUT2D eigenvalue weighted by molar-refractivity contribution is 9.10. The van der Waals surface area contributed by atoms with Crippen LogP contribution in [0.15, 0.2) is 83.3 Å². The Hall–Kier alpha value is -3.09. The summed E-state index contributed by atoms with van der Waals surface area (Å²) < 4.78 is 8.27. The van der Waals surface area contributed by atoms with Gasteiger partial charge in [0, 0.05) is 20.8 Å². The number of aromatic nitrogens is 3. The number of methoxy groups -OCH3 is 1. The summed E-state index contributed by atoms with van der Waals surface area (Å²) in [6.07, 6.45) is 2.17. The molecule has 0 aliphatic carbocycles. The van der Waals surface area contributed by atoms with Gasteiger partial charge in [-0.1, -0.05) is 51.8 Å². The van der Waals surface area contributed by atoms with Crippen molar-refractivity contribution in [2.24, 2.45) is 0 Å². The molecule has 0 saturated carbocycles. The summed E-state index contributed by atoms with van der Waals surface area (Å²) in [6, 6.07) is 23.6. The molecular formula is C24H18BrClN4O. The van der Waals surface area contributed by atoms with Gasteiger partial charge in [0.1, 0.15) is 11.8 Å². The lowest BCUT2D eigenvalue weighted by atomic mass is 10.0. The van der Waals surface area contributed by atoms with Crippen molar-refractivity contribution in [3.8, 4) is 17.1 Å². The number of anilines is 1. The van der Waals surface area contributed by atoms with E-state index in [1.54, 1.807) is 7.11 Å². The van der Waals surface area contributed by atoms with Crippen molar-refractivity contribution in [2.45, 2.75) is 6.04 Å². The maximum Gasteiger partial charge on any atom is 0.227 e. The van der Waals surface area contributed by atoms with Gasteiger partial charge in [0.15, 0.2) is 5.82 Å². The molecule has 1 N–H and O–H groups in total. The van der Waals surface area contributed by atoms with Crippen LogP contribution in [-0.2, 0) is 0 Å². The van der Waals surface area contributed by atoms with Gasteiger partial charge in [0.2, 0.25) is 5.95 Å². The minimum Gasteiger partial charge on any atom is -0.497 e. The average Bonchev–Trinajstić information content (AvgIpc) is 3.24. The third-order valence-electron chi connectivity index (χ3n) is 5.18. The van der Waals surface area contributed by atoms with Crippen LogP contribution in [0.5, 0.6) is 5.75 Å². The topological polar surface area (TPSA) is 52.0 Å². The van der Waals surface area contributed by atoms with Crippen molar-refractivity contribution in [3.63, 3.8) is 0 Å². The minimum atomic E-state index is -0.116. The molecule has 0 fully saturated rings. The summed E-state index contributed by atoms with van der Waals surface area (Å²) >= 11 is 9.55. The summed E-state index contributed by atoms with van der Waals surface area (Å²) in [6.45, 7) is 0. The molecule has 1 unspecified atom stereocenters. The highest BCUT2D eigenvalue weighted by Crippen LogP contribution is 2.35. The van der Waals surface area contributed by atoms with Crippen molar-refractivity contribution in [2.75, 3.05) is 12.4 Å². The van der Waals surface area contributed by atoms with Gasteiger partial charge in [0.05, 0.1) is 7.11 Å². The SMILES string of the molecule is COc1ccc(C2C=C(c3ccc(Br)cc3)Nc3nc(-c4ccc(Cl)cc4)nn32)cc1. The highest BCUT2D eigenvalue weighted by Gasteiger charge is 2.25. The summed E-state index contributed by atoms with van der Waals surface area (Å²) in [5, 5.41) is 8.93. The third kappa shape index (κ3) is 3.96. The number of halogens is 2. The molecule has 1 atom stereocenters. The van der Waals surface area contributed by atoms with Crippen LogP contribution in [0.25, 0.3) is 17.1 Å². The van der Waals surface area contributed by atoms with E-state index in [1.165, 1.54) is 0 Å². The van der Waals surface area contributed by atoms with E-state index in [1.807, 2.05) is 53.2 Å². The Balaban J connectivity index is 1.60. The number of rotatable bonds is 4. The summed E-state index contributed by atoms with van der Waals surface area (Å²) in [5.74, 6) is 2.14. The third-order valence-corrected chi connectivity index (χ3v) is 5.96. The van der Waals surface area contributed by atoms with E-state index in [9.17, 15) is 0 Å². The van der Waals surface area contributed by atoms with Crippen LogP contribution in [0.1, 0.15) is 17.2 Å². The Morgan fingerprint density at radius 3 is 2.29 bits per heavy atom. The van der Waals surface area contributed by atoms with E-state index in [4.69, 9.17) is 26.4 Å². The molecule has 0 radical (unpaired) electrons. The highest BCUT2D eigenvalue weighted by atomic mass is 79.9. The standard InChI is InChI=1S/C24H18BrClN4O/c1-31-20-12-6-16(7-13-20)22-14-21(15-2-8-18(25)9-3-15)27-24-28-23(29-30(22)24)17-4-10-19(26)11-5-17/h2-14,22H,1H3,(H,27,28,29). The summed E-state index contributed by atoms with van der Waals surface area (Å²) in [4.78, 5) is 4.78. The van der Waals surface area contributed by atoms with Crippen LogP contribution < -0.4 is 10.1 Å². The van der Waals surface area contributed by atoms with Gasteiger partial charge in [-0.25, -0.2) is 4.68 Å². The van der Waals surface area contributed by atoms with Crippen LogP contribution in [-0.4, -0.2) is 21.9 Å². The summed E-state index contributed by atoms with van der Waals surface area (Å²) in [5.41, 5.74) is 4.05. The smallest absolute Gasteiger partial charge is 0.227 e. The zero-order chi connectivity index (χ0) is 21.4. The van der Waals surface area contributed by atoms with E-state index in [0.29, 0.717) is 16.8 Å². The fourth-order valence-corrected chi connectivity index (χ4v) is 3.94. The maximum absolute atomic E-state index is 6.05. The second-order valence-electron chi connectivity index (χ2n) is 7.14. The maximum atomic E-state index is 6.05. The lowest BCUT2D eigenvalue weighted by molar-refractivity contribution is 0.414. The van der Waals surface area contributed by atoms with Gasteiger partial charge >= 0.3 is 0 Å². The molecule has 4 aromatic rings. The first kappa shape index (κ1) is 19.8. The fraction of sp³-hybridized carbons (Fsp3) is 0.0833. The van der Waals surface area contributed by atoms with Gasteiger partial charge in [-0.3, -0.25) is 0 Å². The van der Waals surface area contributed by atoms with Crippen molar-refractivity contribution in [1.29, 1.82) is 0 Å². The zero-order valence-electron chi connectivity index (χ0n) is 16.6. The molecule has 5 nitrogen and oxygen atoms in total. The second kappa shape index (κ2) is 8.21. The van der Waals surface area contributed by atoms with E-state index >= 15 is 0 Å². The summed E-state index contributed by atoms with van der Waals surface area (Å²) in [7, 11) is 1.67. The fourth-order valence-electron chi connectivity index (χ4n) is 3.55. The lowest BCUT2D eigenvalue weighted by Crippen LogP contribution is -2.20. The normalized spacial score (nSPS) is 15.1. The lowest BCUT2D eigenvalue weighted by Gasteiger charge is -2.24. The van der Waals surface area contributed by atoms with E-state index in [-0.39, 0.29) is 6.04 Å². The Morgan fingerprint density at radius 1 is 0.935 bits per heavy atom. The predicted octanol–water partition coefficient (Wildman–Crippen LogP) is 6.43. The molecule has 154 valence electrons. The molecule has 1 aliphatic heterocycles. The minimum absolute atomic E-state index is 0.116. The largest absolute Gasteiger partial charge is 0.497 e. The van der Waals surface area contributed by atoms with E-state index < -0.39 is 0 Å². The monoisotopic (exact) mass is 492 g/mol. The first-order valence-corrected chi connectivity index (χ1v) is 10.9. The van der Waals surface area contributed by atoms with Gasteiger partial charge in [-0.15, -0.1) is 5.10 Å². The number of nitrogens with zero attached hydrogens (tertiary/aromatic N) is 3. The molecule has 0 bridgehead atoms. The van der Waals surface area contributed by atoms with Gasteiger partial charge < -0.3 is 10.1 Å². The number of nitrogens with one attached hydrogen (secondary N) is 1. The van der Waals surface area contributed by atoms with Crippen LogP contribution in [0.3, 0.4) is 0 Å². The molecule has 5 rings (SSSR count). The van der Waals surface area contributed by atoms with Crippen molar-refractivity contribution in [1.82, 2.24) is 14.8 Å². The second-order valence-corrected chi connectivity index (χ2v) is 8.49. The van der Waals surface area contributed by atoms with Crippen LogP contribution in [0.4, 0.5) is 5.95 Å². The van der Waals surface area contributed by atoms with Crippen molar-refractivity contribution >= 4 is 39.2 Å². The van der Waals surface area contributed by atoms with Gasteiger partial charge in [-0.2, -0.15) is 4.98 Å². The van der Waals surface area contributed by atoms with Gasteiger partial charge in [-0.05, 0) is 65.7 Å². The average molecular weight is 494 g/mol. The Bertz CT molecular complexity index is 1250. The van der Waals surface area contributed by atoms with E-state index in [0.717, 1.165) is 32.6 Å². The quantitative estimate of drug-likeness (QED) is 0.356. The molecule has 3 aromatic carbocycles. The van der Waals surface area contributed by atoms with Crippen molar-refractivity contribution in [3.05, 3.63) is 99.5 Å². The van der Waals surface area contributed by atoms with E-state index in [2.05, 4.69) is 51.6 Å². The first-order valence-electron chi connectivity index (χ1n) is 9.72. The molecule has 31 heavy (non-hydrogen) atoms. The molecule has 7 heteroatoms. The molecule has 1 aliphatic rings. The molecule has 2 heterocycles. The Kier molecular flexibility index (Phi) is 5.26. The number of allylic oxidation sites excluding steroid dienone is 1. The van der Waals surface area contributed by atoms with Crippen LogP contribution >= 0.6 is 27.5 Å². The first-order chi connectivity index (χ1) is 15.1. The molecular weight excluding hydrogens is 476 g/mol. The zero-order valence-corrected chi connectivity index (χ0v) is 18.9.